The van der Waals surface area contributed by atoms with E-state index in [4.69, 9.17) is 14.2 Å². The third-order valence-electron chi connectivity index (χ3n) is 5.14. The summed E-state index contributed by atoms with van der Waals surface area (Å²) in [5, 5.41) is 0. The summed E-state index contributed by atoms with van der Waals surface area (Å²) in [7, 11) is 0. The molecule has 1 aromatic heterocycles. The summed E-state index contributed by atoms with van der Waals surface area (Å²) in [6.07, 6.45) is 6.89. The van der Waals surface area contributed by atoms with Crippen molar-refractivity contribution in [1.29, 1.82) is 0 Å². The number of hydrogen-bond acceptors (Lipinski definition) is 6. The molecule has 0 unspecified atom stereocenters. The van der Waals surface area contributed by atoms with E-state index in [2.05, 4.69) is 47.5 Å². The number of ether oxygens (including phenoxy) is 3. The van der Waals surface area contributed by atoms with E-state index in [9.17, 15) is 0 Å². The molecule has 0 spiro atoms. The van der Waals surface area contributed by atoms with Crippen molar-refractivity contribution in [3.63, 3.8) is 0 Å². The Kier molecular flexibility index (Phi) is 7.38. The second kappa shape index (κ2) is 9.64. The first kappa shape index (κ1) is 23.0. The lowest BCUT2D eigenvalue weighted by Crippen LogP contribution is -2.45. The number of rotatable bonds is 5. The lowest BCUT2D eigenvalue weighted by Gasteiger charge is -2.42. The largest absolute Gasteiger partial charge is 0.375 e. The van der Waals surface area contributed by atoms with Crippen LogP contribution in [-0.4, -0.2) is 59.2 Å². The molecule has 0 N–H and O–H groups in total. The topological polar surface area (TPSA) is 56.7 Å². The van der Waals surface area contributed by atoms with Crippen LogP contribution in [0.25, 0.3) is 0 Å². The third-order valence-corrected chi connectivity index (χ3v) is 5.14. The number of anilines is 1. The SMILES string of the molecule is CC(C)(C)OCC#Cc1nccc(N2CCC(OC3CC(OC(C)(C)C)C3)CC2)n1. The van der Waals surface area contributed by atoms with Gasteiger partial charge in [0.1, 0.15) is 12.4 Å². The zero-order valence-corrected chi connectivity index (χ0v) is 19.4. The van der Waals surface area contributed by atoms with Gasteiger partial charge in [0.25, 0.3) is 0 Å². The van der Waals surface area contributed by atoms with Gasteiger partial charge in [-0.2, -0.15) is 0 Å². The zero-order chi connectivity index (χ0) is 21.8. The van der Waals surface area contributed by atoms with Crippen LogP contribution in [0.4, 0.5) is 5.82 Å². The minimum atomic E-state index is -0.191. The lowest BCUT2D eigenvalue weighted by molar-refractivity contribution is -0.164. The van der Waals surface area contributed by atoms with Gasteiger partial charge in [0, 0.05) is 19.3 Å². The Labute approximate surface area is 181 Å². The summed E-state index contributed by atoms with van der Waals surface area (Å²) in [6, 6.07) is 1.96. The average Bonchev–Trinajstić information content (AvgIpc) is 2.63. The Morgan fingerprint density at radius 1 is 1.00 bits per heavy atom. The highest BCUT2D eigenvalue weighted by Gasteiger charge is 2.35. The van der Waals surface area contributed by atoms with Crippen molar-refractivity contribution in [2.45, 2.75) is 96.7 Å². The maximum Gasteiger partial charge on any atom is 0.206 e. The molecule has 0 amide bonds. The van der Waals surface area contributed by atoms with E-state index in [0.29, 0.717) is 30.7 Å². The van der Waals surface area contributed by atoms with Crippen molar-refractivity contribution in [2.75, 3.05) is 24.6 Å². The highest BCUT2D eigenvalue weighted by atomic mass is 16.5. The second-order valence-corrected chi connectivity index (χ2v) is 10.2. The number of piperidine rings is 1. The van der Waals surface area contributed by atoms with E-state index in [-0.39, 0.29) is 11.2 Å². The molecule has 166 valence electrons. The van der Waals surface area contributed by atoms with Crippen LogP contribution in [0.2, 0.25) is 0 Å². The van der Waals surface area contributed by atoms with E-state index < -0.39 is 0 Å². The second-order valence-electron chi connectivity index (χ2n) is 10.2. The van der Waals surface area contributed by atoms with Crippen LogP contribution in [0.15, 0.2) is 12.3 Å². The molecule has 6 nitrogen and oxygen atoms in total. The summed E-state index contributed by atoms with van der Waals surface area (Å²) in [4.78, 5) is 11.2. The van der Waals surface area contributed by atoms with Crippen molar-refractivity contribution >= 4 is 5.82 Å². The molecular weight excluding hydrogens is 378 g/mol. The van der Waals surface area contributed by atoms with Gasteiger partial charge in [0.2, 0.25) is 5.82 Å². The number of hydrogen-bond donors (Lipinski definition) is 0. The van der Waals surface area contributed by atoms with Gasteiger partial charge in [-0.15, -0.1) is 0 Å². The predicted molar refractivity (Wildman–Crippen MR) is 119 cm³/mol. The molecular formula is C24H37N3O3. The van der Waals surface area contributed by atoms with Crippen LogP contribution in [0.1, 0.15) is 73.1 Å². The van der Waals surface area contributed by atoms with Crippen LogP contribution in [-0.2, 0) is 14.2 Å². The summed E-state index contributed by atoms with van der Waals surface area (Å²) in [6.45, 7) is 14.6. The number of nitrogens with zero attached hydrogens (tertiary/aromatic N) is 3. The van der Waals surface area contributed by atoms with Crippen LogP contribution in [0.5, 0.6) is 0 Å². The molecule has 0 bridgehead atoms. The molecule has 0 radical (unpaired) electrons. The average molecular weight is 416 g/mol. The molecule has 0 atom stereocenters. The summed E-state index contributed by atoms with van der Waals surface area (Å²) >= 11 is 0. The van der Waals surface area contributed by atoms with Gasteiger partial charge in [-0.25, -0.2) is 9.97 Å². The Hall–Kier alpha value is -1.68. The molecule has 6 heteroatoms. The maximum atomic E-state index is 6.30. The van der Waals surface area contributed by atoms with Gasteiger partial charge >= 0.3 is 0 Å². The minimum absolute atomic E-state index is 0.0681. The monoisotopic (exact) mass is 415 g/mol. The molecule has 2 aliphatic rings. The third kappa shape index (κ3) is 7.54. The molecule has 1 saturated heterocycles. The highest BCUT2D eigenvalue weighted by Crippen LogP contribution is 2.32. The standard InChI is InChI=1S/C24H37N3O3/c1-23(2,3)28-15-7-8-21-25-12-9-22(26-21)27-13-10-18(11-14-27)29-19-16-20(17-19)30-24(4,5)6/h9,12,18-20H,10-11,13-17H2,1-6H3. The fourth-order valence-electron chi connectivity index (χ4n) is 3.67. The summed E-state index contributed by atoms with van der Waals surface area (Å²) < 4.78 is 17.9. The van der Waals surface area contributed by atoms with Gasteiger partial charge < -0.3 is 19.1 Å². The first-order valence-corrected chi connectivity index (χ1v) is 11.1. The van der Waals surface area contributed by atoms with Crippen molar-refractivity contribution in [3.8, 4) is 11.8 Å². The maximum absolute atomic E-state index is 6.30. The molecule has 3 rings (SSSR count). The molecule has 1 aromatic rings. The molecule has 2 heterocycles. The zero-order valence-electron chi connectivity index (χ0n) is 19.4. The van der Waals surface area contributed by atoms with Crippen molar-refractivity contribution < 1.29 is 14.2 Å². The van der Waals surface area contributed by atoms with Gasteiger partial charge in [0.05, 0.1) is 29.5 Å². The normalized spacial score (nSPS) is 22.9. The van der Waals surface area contributed by atoms with Crippen LogP contribution in [0.3, 0.4) is 0 Å². The fraction of sp³-hybridized carbons (Fsp3) is 0.750. The molecule has 1 aliphatic carbocycles. The Morgan fingerprint density at radius 3 is 2.33 bits per heavy atom. The van der Waals surface area contributed by atoms with E-state index in [1.165, 1.54) is 0 Å². The Bertz CT molecular complexity index is 743. The van der Waals surface area contributed by atoms with E-state index >= 15 is 0 Å². The van der Waals surface area contributed by atoms with Gasteiger partial charge in [0.15, 0.2) is 0 Å². The molecule has 1 aliphatic heterocycles. The van der Waals surface area contributed by atoms with Crippen LogP contribution < -0.4 is 4.90 Å². The Balaban J connectivity index is 1.42. The van der Waals surface area contributed by atoms with Crippen molar-refractivity contribution in [3.05, 3.63) is 18.1 Å². The predicted octanol–water partition coefficient (Wildman–Crippen LogP) is 3.97. The number of aromatic nitrogens is 2. The molecule has 30 heavy (non-hydrogen) atoms. The van der Waals surface area contributed by atoms with Gasteiger partial charge in [-0.3, -0.25) is 0 Å². The fourth-order valence-corrected chi connectivity index (χ4v) is 3.67. The minimum Gasteiger partial charge on any atom is -0.375 e. The molecule has 2 fully saturated rings. The van der Waals surface area contributed by atoms with E-state index in [0.717, 1.165) is 44.6 Å². The summed E-state index contributed by atoms with van der Waals surface area (Å²) in [5.41, 5.74) is -0.259. The lowest BCUT2D eigenvalue weighted by atomic mass is 9.90. The quantitative estimate of drug-likeness (QED) is 0.678. The van der Waals surface area contributed by atoms with Gasteiger partial charge in [-0.05, 0) is 79.2 Å². The first-order chi connectivity index (χ1) is 14.1. The van der Waals surface area contributed by atoms with Crippen LogP contribution in [0, 0.1) is 11.8 Å². The molecule has 0 aromatic carbocycles. The van der Waals surface area contributed by atoms with Gasteiger partial charge in [-0.1, -0.05) is 5.92 Å². The van der Waals surface area contributed by atoms with E-state index in [1.807, 2.05) is 26.8 Å². The highest BCUT2D eigenvalue weighted by molar-refractivity contribution is 5.40. The van der Waals surface area contributed by atoms with Crippen LogP contribution >= 0.6 is 0 Å². The Morgan fingerprint density at radius 2 is 1.70 bits per heavy atom. The first-order valence-electron chi connectivity index (χ1n) is 11.1. The van der Waals surface area contributed by atoms with E-state index in [1.54, 1.807) is 6.20 Å². The van der Waals surface area contributed by atoms with Crippen molar-refractivity contribution in [1.82, 2.24) is 9.97 Å². The summed E-state index contributed by atoms with van der Waals surface area (Å²) in [5.74, 6) is 7.49. The smallest absolute Gasteiger partial charge is 0.206 e. The molecule has 1 saturated carbocycles. The van der Waals surface area contributed by atoms with Crippen molar-refractivity contribution in [2.24, 2.45) is 0 Å².